The van der Waals surface area contributed by atoms with E-state index in [1.54, 1.807) is 6.07 Å². The van der Waals surface area contributed by atoms with Crippen LogP contribution < -0.4 is 4.74 Å². The van der Waals surface area contributed by atoms with Gasteiger partial charge in [0.05, 0.1) is 12.3 Å². The van der Waals surface area contributed by atoms with Crippen molar-refractivity contribution in [2.75, 3.05) is 0 Å². The first-order chi connectivity index (χ1) is 6.31. The normalized spacial score (nSPS) is 15.1. The van der Waals surface area contributed by atoms with Crippen molar-refractivity contribution < 1.29 is 9.13 Å². The van der Waals surface area contributed by atoms with Gasteiger partial charge >= 0.3 is 0 Å². The fourth-order valence-electron chi connectivity index (χ4n) is 0.951. The lowest BCUT2D eigenvalue weighted by molar-refractivity contribution is 0.286. The fraction of sp³-hybridized carbons (Fsp3) is 0.333. The van der Waals surface area contributed by atoms with Crippen molar-refractivity contribution in [3.63, 3.8) is 0 Å². The van der Waals surface area contributed by atoms with Gasteiger partial charge in [-0.05, 0) is 12.8 Å². The molecule has 0 atom stereocenters. The SMILES string of the molecule is N#Cc1cncc(OC2CC2)c1F. The highest BCUT2D eigenvalue weighted by molar-refractivity contribution is 5.35. The molecular formula is C9H7FN2O. The summed E-state index contributed by atoms with van der Waals surface area (Å²) >= 11 is 0. The van der Waals surface area contributed by atoms with E-state index in [4.69, 9.17) is 10.00 Å². The Morgan fingerprint density at radius 2 is 2.31 bits per heavy atom. The predicted molar refractivity (Wildman–Crippen MR) is 42.6 cm³/mol. The number of ether oxygens (including phenoxy) is 1. The fourth-order valence-corrected chi connectivity index (χ4v) is 0.951. The van der Waals surface area contributed by atoms with Crippen molar-refractivity contribution >= 4 is 0 Å². The van der Waals surface area contributed by atoms with Crippen LogP contribution in [0.2, 0.25) is 0 Å². The smallest absolute Gasteiger partial charge is 0.185 e. The summed E-state index contributed by atoms with van der Waals surface area (Å²) in [5, 5.41) is 8.51. The summed E-state index contributed by atoms with van der Waals surface area (Å²) in [6.45, 7) is 0. The van der Waals surface area contributed by atoms with Gasteiger partial charge in [0.1, 0.15) is 11.6 Å². The van der Waals surface area contributed by atoms with E-state index < -0.39 is 5.82 Å². The molecule has 4 heteroatoms. The summed E-state index contributed by atoms with van der Waals surface area (Å²) in [7, 11) is 0. The average molecular weight is 178 g/mol. The molecule has 1 saturated carbocycles. The van der Waals surface area contributed by atoms with Gasteiger partial charge in [-0.3, -0.25) is 4.98 Å². The molecular weight excluding hydrogens is 171 g/mol. The molecule has 0 spiro atoms. The van der Waals surface area contributed by atoms with Crippen LogP contribution in [0.3, 0.4) is 0 Å². The summed E-state index contributed by atoms with van der Waals surface area (Å²) in [5.74, 6) is -0.522. The summed E-state index contributed by atoms with van der Waals surface area (Å²) in [6.07, 6.45) is 4.51. The van der Waals surface area contributed by atoms with E-state index in [0.29, 0.717) is 0 Å². The van der Waals surface area contributed by atoms with Gasteiger partial charge in [-0.1, -0.05) is 0 Å². The van der Waals surface area contributed by atoms with Gasteiger partial charge in [0, 0.05) is 6.20 Å². The second-order valence-corrected chi connectivity index (χ2v) is 2.93. The Morgan fingerprint density at radius 3 is 2.92 bits per heavy atom. The highest BCUT2D eigenvalue weighted by Gasteiger charge is 2.25. The summed E-state index contributed by atoms with van der Waals surface area (Å²) in [6, 6.07) is 1.71. The highest BCUT2D eigenvalue weighted by Crippen LogP contribution is 2.28. The molecule has 0 N–H and O–H groups in total. The quantitative estimate of drug-likeness (QED) is 0.691. The number of rotatable bonds is 2. The summed E-state index contributed by atoms with van der Waals surface area (Å²) < 4.78 is 18.5. The Hall–Kier alpha value is -1.63. The van der Waals surface area contributed by atoms with Gasteiger partial charge in [-0.25, -0.2) is 4.39 Å². The maximum Gasteiger partial charge on any atom is 0.185 e. The van der Waals surface area contributed by atoms with Gasteiger partial charge in [0.15, 0.2) is 11.6 Å². The molecule has 0 aliphatic heterocycles. The molecule has 1 fully saturated rings. The average Bonchev–Trinajstić information content (AvgIpc) is 2.92. The zero-order valence-corrected chi connectivity index (χ0v) is 6.83. The maximum absolute atomic E-state index is 13.3. The van der Waals surface area contributed by atoms with E-state index in [1.807, 2.05) is 0 Å². The third-order valence-corrected chi connectivity index (χ3v) is 1.79. The molecule has 1 heterocycles. The lowest BCUT2D eigenvalue weighted by atomic mass is 10.3. The number of hydrogen-bond donors (Lipinski definition) is 0. The summed E-state index contributed by atoms with van der Waals surface area (Å²) in [5.41, 5.74) is -0.0712. The highest BCUT2D eigenvalue weighted by atomic mass is 19.1. The van der Waals surface area contributed by atoms with E-state index in [9.17, 15) is 4.39 Å². The third kappa shape index (κ3) is 1.59. The van der Waals surface area contributed by atoms with Crippen LogP contribution in [-0.4, -0.2) is 11.1 Å². The van der Waals surface area contributed by atoms with Crippen molar-refractivity contribution in [2.45, 2.75) is 18.9 Å². The van der Waals surface area contributed by atoms with E-state index in [-0.39, 0.29) is 17.4 Å². The van der Waals surface area contributed by atoms with Gasteiger partial charge in [-0.2, -0.15) is 5.26 Å². The molecule has 1 aromatic heterocycles. The van der Waals surface area contributed by atoms with Gasteiger partial charge in [-0.15, -0.1) is 0 Å². The van der Waals surface area contributed by atoms with Crippen LogP contribution in [0, 0.1) is 17.1 Å². The van der Waals surface area contributed by atoms with Crippen molar-refractivity contribution in [1.29, 1.82) is 5.26 Å². The number of nitrogens with zero attached hydrogens (tertiary/aromatic N) is 2. The molecule has 0 aromatic carbocycles. The van der Waals surface area contributed by atoms with Crippen LogP contribution in [0.25, 0.3) is 0 Å². The van der Waals surface area contributed by atoms with Crippen molar-refractivity contribution in [2.24, 2.45) is 0 Å². The first-order valence-electron chi connectivity index (χ1n) is 4.01. The number of pyridine rings is 1. The first-order valence-corrected chi connectivity index (χ1v) is 4.01. The second-order valence-electron chi connectivity index (χ2n) is 2.93. The monoisotopic (exact) mass is 178 g/mol. The van der Waals surface area contributed by atoms with E-state index in [0.717, 1.165) is 12.8 Å². The Bertz CT molecular complexity index is 368. The molecule has 0 radical (unpaired) electrons. The summed E-state index contributed by atoms with van der Waals surface area (Å²) in [4.78, 5) is 3.71. The Kier molecular flexibility index (Phi) is 1.85. The zero-order chi connectivity index (χ0) is 9.26. The molecule has 0 unspecified atom stereocenters. The lowest BCUT2D eigenvalue weighted by Crippen LogP contribution is -2.00. The second kappa shape index (κ2) is 3.02. The number of nitriles is 1. The Morgan fingerprint density at radius 1 is 1.54 bits per heavy atom. The third-order valence-electron chi connectivity index (χ3n) is 1.79. The van der Waals surface area contributed by atoms with Crippen LogP contribution in [0.4, 0.5) is 4.39 Å². The lowest BCUT2D eigenvalue weighted by Gasteiger charge is -2.04. The van der Waals surface area contributed by atoms with Crippen LogP contribution in [0.5, 0.6) is 5.75 Å². The maximum atomic E-state index is 13.3. The minimum atomic E-state index is -0.607. The van der Waals surface area contributed by atoms with E-state index in [2.05, 4.69) is 4.98 Å². The number of aromatic nitrogens is 1. The number of halogens is 1. The van der Waals surface area contributed by atoms with Gasteiger partial charge < -0.3 is 4.74 Å². The molecule has 3 nitrogen and oxygen atoms in total. The van der Waals surface area contributed by atoms with E-state index in [1.165, 1.54) is 12.4 Å². The van der Waals surface area contributed by atoms with Crippen LogP contribution in [-0.2, 0) is 0 Å². The van der Waals surface area contributed by atoms with Crippen LogP contribution in [0.15, 0.2) is 12.4 Å². The number of hydrogen-bond acceptors (Lipinski definition) is 3. The topological polar surface area (TPSA) is 45.9 Å². The van der Waals surface area contributed by atoms with E-state index >= 15 is 0 Å². The Labute approximate surface area is 74.8 Å². The standard InChI is InChI=1S/C9H7FN2O/c10-9-6(3-11)4-12-5-8(9)13-7-1-2-7/h4-5,7H,1-2H2. The molecule has 1 aliphatic rings. The Balaban J connectivity index is 2.28. The molecule has 1 aliphatic carbocycles. The molecule has 13 heavy (non-hydrogen) atoms. The minimum absolute atomic E-state index is 0.0712. The van der Waals surface area contributed by atoms with Gasteiger partial charge in [0.2, 0.25) is 0 Å². The molecule has 1 aromatic rings. The first kappa shape index (κ1) is 7.99. The van der Waals surface area contributed by atoms with Crippen molar-refractivity contribution in [3.05, 3.63) is 23.8 Å². The predicted octanol–water partition coefficient (Wildman–Crippen LogP) is 1.63. The zero-order valence-electron chi connectivity index (χ0n) is 6.83. The minimum Gasteiger partial charge on any atom is -0.486 e. The molecule has 0 saturated heterocycles. The molecule has 0 bridgehead atoms. The largest absolute Gasteiger partial charge is 0.486 e. The van der Waals surface area contributed by atoms with Crippen molar-refractivity contribution in [3.8, 4) is 11.8 Å². The van der Waals surface area contributed by atoms with Crippen molar-refractivity contribution in [1.82, 2.24) is 4.98 Å². The van der Waals surface area contributed by atoms with Gasteiger partial charge in [0.25, 0.3) is 0 Å². The van der Waals surface area contributed by atoms with Crippen LogP contribution in [0.1, 0.15) is 18.4 Å². The molecule has 66 valence electrons. The van der Waals surface area contributed by atoms with Crippen LogP contribution >= 0.6 is 0 Å². The molecule has 2 rings (SSSR count). The molecule has 0 amide bonds.